The molecule has 0 unspecified atom stereocenters. The molecule has 1 aromatic carbocycles. The molecule has 0 aliphatic heterocycles. The molecule has 1 heterocycles. The lowest BCUT2D eigenvalue weighted by Crippen LogP contribution is -1.92. The van der Waals surface area contributed by atoms with Crippen LogP contribution in [0.5, 0.6) is 0 Å². The van der Waals surface area contributed by atoms with Crippen LogP contribution in [0, 0.1) is 11.6 Å². The van der Waals surface area contributed by atoms with Crippen LogP contribution < -0.4 is 0 Å². The van der Waals surface area contributed by atoms with Gasteiger partial charge in [-0.05, 0) is 24.3 Å². The van der Waals surface area contributed by atoms with Crippen LogP contribution in [-0.4, -0.2) is 14.7 Å². The van der Waals surface area contributed by atoms with Crippen molar-refractivity contribution in [2.24, 2.45) is 0 Å². The van der Waals surface area contributed by atoms with E-state index in [0.29, 0.717) is 0 Å². The lowest BCUT2D eigenvalue weighted by atomic mass is 10.1. The van der Waals surface area contributed by atoms with E-state index < -0.39 is 21.5 Å². The lowest BCUT2D eigenvalue weighted by molar-refractivity contribution is 0.602. The summed E-state index contributed by atoms with van der Waals surface area (Å²) in [4.78, 5) is 0. The van der Waals surface area contributed by atoms with E-state index in [1.54, 1.807) is 0 Å². The molecule has 2 aromatic rings. The summed E-state index contributed by atoms with van der Waals surface area (Å²) in [6.45, 7) is 0. The van der Waals surface area contributed by atoms with Gasteiger partial charge in [-0.1, -0.05) is 11.6 Å². The van der Waals surface area contributed by atoms with E-state index in [4.69, 9.17) is 11.6 Å². The Morgan fingerprint density at radius 3 is 2.39 bits per heavy atom. The van der Waals surface area contributed by atoms with Gasteiger partial charge in [0, 0.05) is 17.4 Å². The van der Waals surface area contributed by atoms with Crippen molar-refractivity contribution in [1.82, 2.24) is 0 Å². The smallest absolute Gasteiger partial charge is 0.184 e. The van der Waals surface area contributed by atoms with Crippen molar-refractivity contribution < 1.29 is 17.2 Å². The Labute approximate surface area is 112 Å². The molecule has 0 saturated heterocycles. The number of hydrogen-bond donors (Lipinski definition) is 0. The average Bonchev–Trinajstić information content (AvgIpc) is 2.64. The maximum Gasteiger partial charge on any atom is 0.184 e. The molecule has 18 heavy (non-hydrogen) atoms. The molecule has 0 aliphatic rings. The molecule has 7 heteroatoms. The molecule has 0 radical (unpaired) electrons. The highest BCUT2D eigenvalue weighted by molar-refractivity contribution is 7.92. The first kappa shape index (κ1) is 13.5. The van der Waals surface area contributed by atoms with Crippen LogP contribution in [0.4, 0.5) is 8.78 Å². The van der Waals surface area contributed by atoms with Crippen LogP contribution in [0.25, 0.3) is 11.1 Å². The molecule has 0 bridgehead atoms. The van der Waals surface area contributed by atoms with Crippen molar-refractivity contribution in [3.8, 4) is 11.1 Å². The number of hydrogen-bond acceptors (Lipinski definition) is 3. The largest absolute Gasteiger partial charge is 0.223 e. The molecule has 2 nitrogen and oxygen atoms in total. The number of thiophene rings is 1. The summed E-state index contributed by atoms with van der Waals surface area (Å²) >= 11 is 6.69. The topological polar surface area (TPSA) is 34.1 Å². The summed E-state index contributed by atoms with van der Waals surface area (Å²) in [7, 11) is -3.42. The second kappa shape index (κ2) is 4.60. The third-order valence-electron chi connectivity index (χ3n) is 2.25. The molecular formula is C11H7ClF2O2S2. The second-order valence-corrected chi connectivity index (χ2v) is 7.55. The Balaban J connectivity index is 2.65. The van der Waals surface area contributed by atoms with E-state index >= 15 is 0 Å². The number of benzene rings is 1. The van der Waals surface area contributed by atoms with Gasteiger partial charge in [-0.3, -0.25) is 0 Å². The maximum atomic E-state index is 13.6. The summed E-state index contributed by atoms with van der Waals surface area (Å²) in [5.41, 5.74) is 0.130. The Bertz CT molecular complexity index is 708. The summed E-state index contributed by atoms with van der Waals surface area (Å²) in [6, 6.07) is 4.19. The Morgan fingerprint density at radius 2 is 1.83 bits per heavy atom. The van der Waals surface area contributed by atoms with Crippen molar-refractivity contribution in [3.63, 3.8) is 0 Å². The second-order valence-electron chi connectivity index (χ2n) is 3.65. The van der Waals surface area contributed by atoms with Gasteiger partial charge >= 0.3 is 0 Å². The average molecular weight is 309 g/mol. The maximum absolute atomic E-state index is 13.6. The van der Waals surface area contributed by atoms with Gasteiger partial charge in [-0.25, -0.2) is 17.2 Å². The highest BCUT2D eigenvalue weighted by Crippen LogP contribution is 2.38. The lowest BCUT2D eigenvalue weighted by Gasteiger charge is -2.01. The molecule has 1 aromatic heterocycles. The summed E-state index contributed by atoms with van der Waals surface area (Å²) < 4.78 is 49.5. The fraction of sp³-hybridized carbons (Fsp3) is 0.0909. The summed E-state index contributed by atoms with van der Waals surface area (Å²) in [5, 5.41) is 0. The molecule has 0 saturated carbocycles. The quantitative estimate of drug-likeness (QED) is 0.846. The normalized spacial score (nSPS) is 11.8. The van der Waals surface area contributed by atoms with E-state index in [2.05, 4.69) is 0 Å². The minimum Gasteiger partial charge on any atom is -0.223 e. The summed E-state index contributed by atoms with van der Waals surface area (Å²) in [6.07, 6.45) is 1.03. The Kier molecular flexibility index (Phi) is 3.44. The first-order chi connectivity index (χ1) is 8.29. The van der Waals surface area contributed by atoms with E-state index in [0.717, 1.165) is 35.8 Å². The van der Waals surface area contributed by atoms with Crippen LogP contribution in [0.1, 0.15) is 0 Å². The molecule has 0 fully saturated rings. The van der Waals surface area contributed by atoms with E-state index in [1.165, 1.54) is 6.07 Å². The van der Waals surface area contributed by atoms with E-state index in [9.17, 15) is 17.2 Å². The minimum absolute atomic E-state index is 0.0196. The molecule has 0 atom stereocenters. The van der Waals surface area contributed by atoms with Crippen LogP contribution in [0.15, 0.2) is 28.5 Å². The van der Waals surface area contributed by atoms with Gasteiger partial charge in [0.1, 0.15) is 20.2 Å². The molecule has 0 spiro atoms. The van der Waals surface area contributed by atoms with E-state index in [1.807, 2.05) is 0 Å². The standard InChI is InChI=1S/C11H7ClF2O2S2/c1-18(15,16)10-5-8(11(12)17-10)7-4-6(13)2-3-9(7)14/h2-5H,1H3. The van der Waals surface area contributed by atoms with Gasteiger partial charge in [0.05, 0.1) is 0 Å². The predicted octanol–water partition coefficient (Wildman–Crippen LogP) is 3.75. The van der Waals surface area contributed by atoms with Crippen molar-refractivity contribution in [1.29, 1.82) is 0 Å². The van der Waals surface area contributed by atoms with Gasteiger partial charge < -0.3 is 0 Å². The molecule has 2 rings (SSSR count). The third-order valence-corrected chi connectivity index (χ3v) is 5.41. The highest BCUT2D eigenvalue weighted by Gasteiger charge is 2.18. The van der Waals surface area contributed by atoms with Crippen molar-refractivity contribution in [2.45, 2.75) is 4.21 Å². The zero-order valence-corrected chi connectivity index (χ0v) is 11.5. The van der Waals surface area contributed by atoms with Gasteiger partial charge in [0.2, 0.25) is 0 Å². The van der Waals surface area contributed by atoms with E-state index in [-0.39, 0.29) is 19.7 Å². The third kappa shape index (κ3) is 2.55. The Hall–Kier alpha value is -0.980. The first-order valence-corrected chi connectivity index (χ1v) is 7.82. The SMILES string of the molecule is CS(=O)(=O)c1cc(-c2cc(F)ccc2F)c(Cl)s1. The number of halogens is 3. The Morgan fingerprint density at radius 1 is 1.17 bits per heavy atom. The van der Waals surface area contributed by atoms with Crippen LogP contribution in [0.2, 0.25) is 4.34 Å². The fourth-order valence-corrected chi connectivity index (χ4v) is 3.78. The van der Waals surface area contributed by atoms with Crippen molar-refractivity contribution in [2.75, 3.05) is 6.26 Å². The van der Waals surface area contributed by atoms with Crippen LogP contribution in [0.3, 0.4) is 0 Å². The number of sulfone groups is 1. The molecule has 0 aliphatic carbocycles. The van der Waals surface area contributed by atoms with Crippen molar-refractivity contribution >= 4 is 32.8 Å². The monoisotopic (exact) mass is 308 g/mol. The predicted molar refractivity (Wildman–Crippen MR) is 67.8 cm³/mol. The summed E-state index contributed by atoms with van der Waals surface area (Å²) in [5.74, 6) is -1.27. The molecule has 96 valence electrons. The molecular weight excluding hydrogens is 302 g/mol. The first-order valence-electron chi connectivity index (χ1n) is 4.74. The molecule has 0 N–H and O–H groups in total. The zero-order chi connectivity index (χ0) is 13.5. The minimum atomic E-state index is -3.42. The van der Waals surface area contributed by atoms with Crippen molar-refractivity contribution in [3.05, 3.63) is 40.2 Å². The highest BCUT2D eigenvalue weighted by atomic mass is 35.5. The van der Waals surface area contributed by atoms with Gasteiger partial charge in [0.25, 0.3) is 0 Å². The van der Waals surface area contributed by atoms with Crippen LogP contribution in [-0.2, 0) is 9.84 Å². The van der Waals surface area contributed by atoms with Crippen LogP contribution >= 0.6 is 22.9 Å². The number of rotatable bonds is 2. The zero-order valence-electron chi connectivity index (χ0n) is 9.08. The van der Waals surface area contributed by atoms with Gasteiger partial charge in [0.15, 0.2) is 9.84 Å². The van der Waals surface area contributed by atoms with Gasteiger partial charge in [-0.15, -0.1) is 11.3 Å². The van der Waals surface area contributed by atoms with Gasteiger partial charge in [-0.2, -0.15) is 0 Å². The fourth-order valence-electron chi connectivity index (χ4n) is 1.42. The molecule has 0 amide bonds.